The van der Waals surface area contributed by atoms with Crippen LogP contribution in [0.15, 0.2) is 82.8 Å². The maximum atomic E-state index is 10.4. The fourth-order valence-electron chi connectivity index (χ4n) is 5.35. The summed E-state index contributed by atoms with van der Waals surface area (Å²) in [6.45, 7) is 13.2. The Labute approximate surface area is 337 Å². The van der Waals surface area contributed by atoms with E-state index in [4.69, 9.17) is 15.2 Å². The summed E-state index contributed by atoms with van der Waals surface area (Å²) in [4.78, 5) is 64.2. The molecular weight excluding hydrogens is 803 g/mol. The first kappa shape index (κ1) is 46.0. The van der Waals surface area contributed by atoms with Crippen molar-refractivity contribution in [1.29, 1.82) is 0 Å². The van der Waals surface area contributed by atoms with Gasteiger partial charge in [0, 0.05) is 18.0 Å². The third-order valence-corrected chi connectivity index (χ3v) is 9.25. The lowest BCUT2D eigenvalue weighted by molar-refractivity contribution is -0.404. The predicted molar refractivity (Wildman–Crippen MR) is 213 cm³/mol. The van der Waals surface area contributed by atoms with Gasteiger partial charge in [-0.3, -0.25) is 60.7 Å². The minimum absolute atomic E-state index is 0.447. The zero-order chi connectivity index (χ0) is 44.1. The Bertz CT molecular complexity index is 2210. The zero-order valence-corrected chi connectivity index (χ0v) is 32.6. The number of hydrogen-bond donors (Lipinski definition) is 2. The molecule has 0 fully saturated rings. The van der Waals surface area contributed by atoms with Crippen LogP contribution >= 0.6 is 11.8 Å². The van der Waals surface area contributed by atoms with Crippen LogP contribution in [-0.4, -0.2) is 73.8 Å². The third-order valence-electron chi connectivity index (χ3n) is 8.25. The maximum absolute atomic E-state index is 10.4. The summed E-state index contributed by atoms with van der Waals surface area (Å²) >= 11 is 1.77. The van der Waals surface area contributed by atoms with E-state index in [9.17, 15) is 60.7 Å². The number of nitro benzene ring substituents is 6. The van der Waals surface area contributed by atoms with Crippen LogP contribution in [0.3, 0.4) is 0 Å². The summed E-state index contributed by atoms with van der Waals surface area (Å²) in [5.41, 5.74) is -2.29. The second-order valence-corrected chi connectivity index (χ2v) is 13.7. The SMILES string of the molecule is CCN(CC)CCn1c(Sc2ccc(CC(C)C)cc2)nc2ccccc21.O=[N+]([O-])c1cc([N+](=O)[O-])c(O)c([N+](=O)[O-])c1.O=[N+]([O-])c1cc([N+](=O)[O-])c(O)c([N+](=O)[O-])c1. The van der Waals surface area contributed by atoms with Gasteiger partial charge in [0.2, 0.25) is 0 Å². The van der Waals surface area contributed by atoms with Crippen molar-refractivity contribution in [2.24, 2.45) is 5.92 Å². The minimum Gasteiger partial charge on any atom is -0.497 e. The Morgan fingerprint density at radius 1 is 0.661 bits per heavy atom. The van der Waals surface area contributed by atoms with Gasteiger partial charge in [0.1, 0.15) is 0 Å². The van der Waals surface area contributed by atoms with E-state index in [2.05, 4.69) is 85.7 Å². The average molecular weight is 840 g/mol. The van der Waals surface area contributed by atoms with Crippen molar-refractivity contribution in [1.82, 2.24) is 14.5 Å². The molecule has 0 saturated carbocycles. The van der Waals surface area contributed by atoms with Crippen molar-refractivity contribution in [2.45, 2.75) is 50.7 Å². The number of aromatic hydroxyl groups is 2. The van der Waals surface area contributed by atoms with Crippen molar-refractivity contribution in [3.05, 3.63) is 139 Å². The van der Waals surface area contributed by atoms with Gasteiger partial charge in [-0.2, -0.15) is 0 Å². The van der Waals surface area contributed by atoms with E-state index in [1.54, 1.807) is 11.8 Å². The van der Waals surface area contributed by atoms with Gasteiger partial charge in [-0.05, 0) is 55.3 Å². The average Bonchev–Trinajstić information content (AvgIpc) is 3.52. The van der Waals surface area contributed by atoms with Crippen LogP contribution in [0.4, 0.5) is 34.1 Å². The van der Waals surface area contributed by atoms with Gasteiger partial charge in [0.25, 0.3) is 22.9 Å². The standard InChI is InChI=1S/C23H31N3S.2C6H3N3O7/c1-5-25(6-2)15-16-26-22-10-8-7-9-21(22)24-23(26)27-20-13-11-19(12-14-20)17-18(3)4;2*10-6-4(8(13)14)1-3(7(11)12)2-5(6)9(15)16/h7-14,18H,5-6,15-17H2,1-4H3;2*1-2,10H. The Kier molecular flexibility index (Phi) is 16.2. The topological polar surface area (TPSA) is 320 Å². The molecule has 0 aliphatic carbocycles. The lowest BCUT2D eigenvalue weighted by Crippen LogP contribution is -2.27. The van der Waals surface area contributed by atoms with E-state index < -0.39 is 75.2 Å². The van der Waals surface area contributed by atoms with Gasteiger partial charge in [-0.15, -0.1) is 0 Å². The lowest BCUT2D eigenvalue weighted by Gasteiger charge is -2.19. The molecule has 0 amide bonds. The molecule has 312 valence electrons. The zero-order valence-electron chi connectivity index (χ0n) is 31.8. The Hall–Kier alpha value is -7.34. The van der Waals surface area contributed by atoms with Gasteiger partial charge in [-0.1, -0.05) is 63.7 Å². The van der Waals surface area contributed by atoms with Gasteiger partial charge < -0.3 is 19.7 Å². The van der Waals surface area contributed by atoms with Crippen LogP contribution in [0.5, 0.6) is 11.5 Å². The van der Waals surface area contributed by atoms with E-state index in [0.717, 1.165) is 43.3 Å². The molecule has 0 aliphatic heterocycles. The van der Waals surface area contributed by atoms with E-state index in [-0.39, 0.29) is 0 Å². The van der Waals surface area contributed by atoms with Crippen LogP contribution in [0, 0.1) is 66.6 Å². The van der Waals surface area contributed by atoms with Crippen molar-refractivity contribution in [2.75, 3.05) is 19.6 Å². The molecule has 0 bridgehead atoms. The van der Waals surface area contributed by atoms with Gasteiger partial charge >= 0.3 is 22.7 Å². The van der Waals surface area contributed by atoms with Crippen LogP contribution < -0.4 is 0 Å². The van der Waals surface area contributed by atoms with Crippen molar-refractivity contribution < 1.29 is 39.8 Å². The molecular formula is C35H37N9O14S. The Morgan fingerprint density at radius 2 is 1.08 bits per heavy atom. The van der Waals surface area contributed by atoms with E-state index >= 15 is 0 Å². The third kappa shape index (κ3) is 12.3. The van der Waals surface area contributed by atoms with Crippen LogP contribution in [0.2, 0.25) is 0 Å². The summed E-state index contributed by atoms with van der Waals surface area (Å²) in [5, 5.41) is 81.5. The first-order valence-corrected chi connectivity index (χ1v) is 18.2. The molecule has 0 radical (unpaired) electrons. The predicted octanol–water partition coefficient (Wildman–Crippen LogP) is 7.96. The molecule has 0 spiro atoms. The van der Waals surface area contributed by atoms with Gasteiger partial charge in [0.05, 0.1) is 64.8 Å². The number of benzene rings is 4. The summed E-state index contributed by atoms with van der Waals surface area (Å²) in [5.74, 6) is -1.73. The lowest BCUT2D eigenvalue weighted by atomic mass is 10.0. The van der Waals surface area contributed by atoms with Crippen molar-refractivity contribution in [3.8, 4) is 11.5 Å². The molecule has 1 heterocycles. The molecule has 24 heteroatoms. The number of fused-ring (bicyclic) bond motifs is 1. The van der Waals surface area contributed by atoms with E-state index in [1.165, 1.54) is 16.0 Å². The number of hydrogen-bond acceptors (Lipinski definition) is 17. The molecule has 0 atom stereocenters. The number of nitrogens with zero attached hydrogens (tertiary/aromatic N) is 9. The Morgan fingerprint density at radius 3 is 1.46 bits per heavy atom. The number of non-ortho nitro benzene ring substituents is 2. The number of imidazole rings is 1. The quantitative estimate of drug-likeness (QED) is 0.0745. The van der Waals surface area contributed by atoms with E-state index in [0.29, 0.717) is 30.2 Å². The fraction of sp³-hybridized carbons (Fsp3) is 0.286. The second kappa shape index (κ2) is 20.7. The summed E-state index contributed by atoms with van der Waals surface area (Å²) < 4.78 is 2.38. The highest BCUT2D eigenvalue weighted by atomic mass is 32.2. The number of phenols is 2. The highest BCUT2D eigenvalue weighted by Gasteiger charge is 2.31. The first-order valence-electron chi connectivity index (χ1n) is 17.3. The highest BCUT2D eigenvalue weighted by molar-refractivity contribution is 7.99. The van der Waals surface area contributed by atoms with E-state index in [1.807, 2.05) is 0 Å². The molecule has 5 rings (SSSR count). The normalized spacial score (nSPS) is 10.7. The monoisotopic (exact) mass is 839 g/mol. The van der Waals surface area contributed by atoms with Crippen LogP contribution in [0.1, 0.15) is 33.3 Å². The summed E-state index contributed by atoms with van der Waals surface area (Å²) in [6.07, 6.45) is 1.13. The number of nitro groups is 6. The number of likely N-dealkylation sites (N-methyl/N-ethyl adjacent to an activating group) is 1. The molecule has 0 aliphatic rings. The smallest absolute Gasteiger partial charge is 0.324 e. The van der Waals surface area contributed by atoms with Crippen molar-refractivity contribution >= 4 is 56.9 Å². The Balaban J connectivity index is 0.000000252. The maximum Gasteiger partial charge on any atom is 0.324 e. The summed E-state index contributed by atoms with van der Waals surface area (Å²) in [6, 6.07) is 19.2. The van der Waals surface area contributed by atoms with Gasteiger partial charge in [0.15, 0.2) is 5.16 Å². The number of para-hydroxylation sites is 2. The number of phenolic OH excluding ortho intramolecular Hbond substituents is 2. The van der Waals surface area contributed by atoms with Gasteiger partial charge in [-0.25, -0.2) is 4.98 Å². The molecule has 23 nitrogen and oxygen atoms in total. The molecule has 59 heavy (non-hydrogen) atoms. The first-order chi connectivity index (χ1) is 27.8. The summed E-state index contributed by atoms with van der Waals surface area (Å²) in [7, 11) is 0. The van der Waals surface area contributed by atoms with Crippen molar-refractivity contribution in [3.63, 3.8) is 0 Å². The van der Waals surface area contributed by atoms with Crippen LogP contribution in [-0.2, 0) is 13.0 Å². The molecule has 0 saturated heterocycles. The van der Waals surface area contributed by atoms with Crippen LogP contribution in [0.25, 0.3) is 11.0 Å². The second-order valence-electron chi connectivity index (χ2n) is 12.6. The largest absolute Gasteiger partial charge is 0.497 e. The molecule has 4 aromatic carbocycles. The molecule has 1 aromatic heterocycles. The molecule has 5 aromatic rings. The highest BCUT2D eigenvalue weighted by Crippen LogP contribution is 2.40. The fourth-order valence-corrected chi connectivity index (χ4v) is 6.27. The molecule has 2 N–H and O–H groups in total. The minimum atomic E-state index is -1.21. The number of rotatable bonds is 15. The number of aromatic nitrogens is 2. The molecule has 0 unspecified atom stereocenters.